The summed E-state index contributed by atoms with van der Waals surface area (Å²) in [6.07, 6.45) is 46.1. The first kappa shape index (κ1) is 88.1. The maximum Gasteiger partial charge on any atom is 0.472 e. The van der Waals surface area contributed by atoms with Crippen molar-refractivity contribution in [2.45, 2.75) is 375 Å². The summed E-state index contributed by atoms with van der Waals surface area (Å²) in [6.45, 7) is 11.7. The van der Waals surface area contributed by atoms with Crippen molar-refractivity contribution in [2.24, 2.45) is 17.8 Å². The van der Waals surface area contributed by atoms with Crippen LogP contribution in [0.4, 0.5) is 0 Å². The van der Waals surface area contributed by atoms with Crippen molar-refractivity contribution < 1.29 is 80.2 Å². The van der Waals surface area contributed by atoms with Crippen molar-refractivity contribution >= 4 is 39.5 Å². The number of rotatable bonds is 69. The summed E-state index contributed by atoms with van der Waals surface area (Å²) in [7, 11) is -9.90. The van der Waals surface area contributed by atoms with Crippen LogP contribution in [0.2, 0.25) is 0 Å². The Kier molecular flexibility index (Phi) is 60.6. The highest BCUT2D eigenvalue weighted by Gasteiger charge is 2.30. The van der Waals surface area contributed by atoms with E-state index >= 15 is 0 Å². The maximum atomic E-state index is 13.0. The summed E-state index contributed by atoms with van der Waals surface area (Å²) in [6, 6.07) is 0. The van der Waals surface area contributed by atoms with E-state index in [4.69, 9.17) is 37.0 Å². The van der Waals surface area contributed by atoms with Gasteiger partial charge in [0.15, 0.2) is 12.2 Å². The first-order chi connectivity index (χ1) is 43.2. The van der Waals surface area contributed by atoms with Crippen LogP contribution in [-0.4, -0.2) is 96.7 Å². The number of carbonyl (C=O) groups excluding carboxylic acids is 4. The summed E-state index contributed by atoms with van der Waals surface area (Å²) >= 11 is 0. The fourth-order valence-electron chi connectivity index (χ4n) is 10.7. The molecular weight excluding hydrogens is 1190 g/mol. The van der Waals surface area contributed by atoms with E-state index in [1.165, 1.54) is 161 Å². The van der Waals surface area contributed by atoms with Gasteiger partial charge in [0, 0.05) is 25.7 Å². The third kappa shape index (κ3) is 64.8. The van der Waals surface area contributed by atoms with Crippen LogP contribution < -0.4 is 0 Å². The smallest absolute Gasteiger partial charge is 0.462 e. The van der Waals surface area contributed by atoms with Crippen molar-refractivity contribution in [3.8, 4) is 0 Å². The lowest BCUT2D eigenvalue weighted by Gasteiger charge is -2.21. The van der Waals surface area contributed by atoms with Gasteiger partial charge in [-0.05, 0) is 43.4 Å². The molecule has 0 aromatic carbocycles. The summed E-state index contributed by atoms with van der Waals surface area (Å²) in [5.74, 6) is 0.0175. The number of carbonyl (C=O) groups is 4. The van der Waals surface area contributed by atoms with Crippen LogP contribution >= 0.6 is 15.6 Å². The van der Waals surface area contributed by atoms with E-state index in [-0.39, 0.29) is 25.7 Å². The molecule has 19 heteroatoms. The Morgan fingerprint density at radius 1 is 0.300 bits per heavy atom. The van der Waals surface area contributed by atoms with E-state index in [0.717, 1.165) is 102 Å². The number of hydrogen-bond donors (Lipinski definition) is 3. The van der Waals surface area contributed by atoms with Gasteiger partial charge in [-0.3, -0.25) is 37.3 Å². The van der Waals surface area contributed by atoms with Crippen LogP contribution in [0.15, 0.2) is 0 Å². The van der Waals surface area contributed by atoms with Crippen molar-refractivity contribution in [1.29, 1.82) is 0 Å². The molecule has 5 atom stereocenters. The van der Waals surface area contributed by atoms with Crippen LogP contribution in [0.3, 0.4) is 0 Å². The monoisotopic (exact) mass is 1320 g/mol. The third-order valence-corrected chi connectivity index (χ3v) is 18.3. The van der Waals surface area contributed by atoms with Crippen molar-refractivity contribution in [3.05, 3.63) is 0 Å². The molecule has 0 fully saturated rings. The number of hydrogen-bond acceptors (Lipinski definition) is 15. The largest absolute Gasteiger partial charge is 0.472 e. The van der Waals surface area contributed by atoms with Crippen LogP contribution in [-0.2, 0) is 65.4 Å². The van der Waals surface area contributed by atoms with Gasteiger partial charge >= 0.3 is 39.5 Å². The number of ether oxygens (including phenoxy) is 4. The van der Waals surface area contributed by atoms with Crippen LogP contribution in [0.5, 0.6) is 0 Å². The Balaban J connectivity index is 5.23. The fraction of sp³-hybridized carbons (Fsp3) is 0.944. The standard InChI is InChI=1S/C71H138O17P2/c1-8-9-10-11-12-13-14-15-16-17-18-19-22-26-31-40-47-54-70(75)87-66(58-81-68(73)52-45-38-30-25-23-20-21-24-28-35-42-49-62(2)3)60-85-89(77,78)83-56-65(72)57-84-90(79,80)86-61-67(59-82-69(74)53-46-39-34-33-37-44-51-64(6)7)88-71(76)55-48-41-32-27-29-36-43-50-63(4)5/h62-67,72H,8-61H2,1-7H3,(H,77,78)(H,79,80)/t65-,66-,67-/m1/s1. The highest BCUT2D eigenvalue weighted by Crippen LogP contribution is 2.45. The maximum absolute atomic E-state index is 13.0. The average Bonchev–Trinajstić information content (AvgIpc) is 3.65. The molecule has 2 unspecified atom stereocenters. The molecule has 0 radical (unpaired) electrons. The molecule has 3 N–H and O–H groups in total. The molecule has 0 aromatic heterocycles. The third-order valence-electron chi connectivity index (χ3n) is 16.4. The number of phosphoric ester groups is 2. The Morgan fingerprint density at radius 2 is 0.511 bits per heavy atom. The average molecular weight is 1330 g/mol. The number of esters is 4. The molecule has 0 saturated carbocycles. The minimum atomic E-state index is -4.95. The molecule has 0 aromatic rings. The second-order valence-corrected chi connectivity index (χ2v) is 30.0. The molecule has 0 bridgehead atoms. The zero-order chi connectivity index (χ0) is 66.6. The zero-order valence-corrected chi connectivity index (χ0v) is 60.4. The van der Waals surface area contributed by atoms with E-state index in [1.807, 2.05) is 0 Å². The zero-order valence-electron chi connectivity index (χ0n) is 58.6. The second kappa shape index (κ2) is 61.9. The lowest BCUT2D eigenvalue weighted by Crippen LogP contribution is -2.30. The van der Waals surface area contributed by atoms with E-state index in [0.29, 0.717) is 37.5 Å². The molecule has 534 valence electrons. The molecule has 17 nitrogen and oxygen atoms in total. The van der Waals surface area contributed by atoms with Gasteiger partial charge in [0.2, 0.25) is 0 Å². The van der Waals surface area contributed by atoms with E-state index in [2.05, 4.69) is 48.5 Å². The highest BCUT2D eigenvalue weighted by atomic mass is 31.2. The van der Waals surface area contributed by atoms with Gasteiger partial charge in [-0.2, -0.15) is 0 Å². The van der Waals surface area contributed by atoms with Crippen LogP contribution in [0.25, 0.3) is 0 Å². The number of aliphatic hydroxyl groups excluding tert-OH is 1. The minimum Gasteiger partial charge on any atom is -0.462 e. The molecule has 0 aliphatic rings. The van der Waals surface area contributed by atoms with E-state index < -0.39 is 97.5 Å². The molecule has 0 heterocycles. The van der Waals surface area contributed by atoms with E-state index in [9.17, 15) is 43.2 Å². The summed E-state index contributed by atoms with van der Waals surface area (Å²) in [5.41, 5.74) is 0. The van der Waals surface area contributed by atoms with Gasteiger partial charge < -0.3 is 33.8 Å². The van der Waals surface area contributed by atoms with Gasteiger partial charge in [0.1, 0.15) is 19.3 Å². The summed E-state index contributed by atoms with van der Waals surface area (Å²) < 4.78 is 68.3. The van der Waals surface area contributed by atoms with Crippen LogP contribution in [0.1, 0.15) is 357 Å². The molecule has 90 heavy (non-hydrogen) atoms. The number of unbranched alkanes of at least 4 members (excludes halogenated alkanes) is 37. The molecule has 0 amide bonds. The van der Waals surface area contributed by atoms with Gasteiger partial charge in [0.25, 0.3) is 0 Å². The predicted molar refractivity (Wildman–Crippen MR) is 363 cm³/mol. The Labute approximate surface area is 549 Å². The number of aliphatic hydroxyl groups is 1. The van der Waals surface area contributed by atoms with Gasteiger partial charge in [-0.1, -0.05) is 305 Å². The van der Waals surface area contributed by atoms with Gasteiger partial charge in [-0.15, -0.1) is 0 Å². The van der Waals surface area contributed by atoms with Crippen LogP contribution in [0, 0.1) is 17.8 Å². The summed E-state index contributed by atoms with van der Waals surface area (Å²) in [5, 5.41) is 10.6. The van der Waals surface area contributed by atoms with Crippen molar-refractivity contribution in [2.75, 3.05) is 39.6 Å². The Bertz CT molecular complexity index is 1770. The fourth-order valence-corrected chi connectivity index (χ4v) is 12.3. The van der Waals surface area contributed by atoms with Crippen molar-refractivity contribution in [1.82, 2.24) is 0 Å². The Morgan fingerprint density at radius 3 is 0.756 bits per heavy atom. The minimum absolute atomic E-state index is 0.102. The van der Waals surface area contributed by atoms with Crippen molar-refractivity contribution in [3.63, 3.8) is 0 Å². The highest BCUT2D eigenvalue weighted by molar-refractivity contribution is 7.47. The molecule has 0 spiro atoms. The first-order valence-corrected chi connectivity index (χ1v) is 39.8. The lowest BCUT2D eigenvalue weighted by atomic mass is 10.0. The number of phosphoric acid groups is 2. The molecule has 0 aliphatic heterocycles. The first-order valence-electron chi connectivity index (χ1n) is 36.8. The predicted octanol–water partition coefficient (Wildman–Crippen LogP) is 20.2. The van der Waals surface area contributed by atoms with Gasteiger partial charge in [0.05, 0.1) is 26.4 Å². The molecule has 0 aliphatic carbocycles. The topological polar surface area (TPSA) is 237 Å². The Hall–Kier alpha value is -1.94. The van der Waals surface area contributed by atoms with E-state index in [1.54, 1.807) is 0 Å². The molecular formula is C71H138O17P2. The molecule has 0 rings (SSSR count). The lowest BCUT2D eigenvalue weighted by molar-refractivity contribution is -0.161. The normalized spacial score (nSPS) is 14.2. The summed E-state index contributed by atoms with van der Waals surface area (Å²) in [4.78, 5) is 72.5. The SMILES string of the molecule is CCCCCCCCCCCCCCCCCCCC(=O)O[C@H](COC(=O)CCCCCCCCCCCCCC(C)C)COP(=O)(O)OC[C@@H](O)COP(=O)(O)OC[C@@H](COC(=O)CCCCCCCCC(C)C)OC(=O)CCCCCCCCCC(C)C. The second-order valence-electron chi connectivity index (χ2n) is 27.1. The van der Waals surface area contributed by atoms with Gasteiger partial charge in [-0.25, -0.2) is 9.13 Å². The quantitative estimate of drug-likeness (QED) is 0.0222. The molecule has 0 saturated heterocycles.